The van der Waals surface area contributed by atoms with Crippen molar-refractivity contribution in [1.29, 1.82) is 0 Å². The van der Waals surface area contributed by atoms with E-state index in [1.54, 1.807) is 36.4 Å². The van der Waals surface area contributed by atoms with Gasteiger partial charge in [-0.3, -0.25) is 14.1 Å². The summed E-state index contributed by atoms with van der Waals surface area (Å²) in [6.07, 6.45) is 0. The molecule has 0 spiro atoms. The third-order valence-corrected chi connectivity index (χ3v) is 4.28. The summed E-state index contributed by atoms with van der Waals surface area (Å²) in [5.74, 6) is -1.59. The lowest BCUT2D eigenvalue weighted by atomic mass is 9.92. The van der Waals surface area contributed by atoms with E-state index in [4.69, 9.17) is 0 Å². The van der Waals surface area contributed by atoms with Crippen LogP contribution in [0.15, 0.2) is 65.2 Å². The number of para-hydroxylation sites is 1. The van der Waals surface area contributed by atoms with Crippen molar-refractivity contribution >= 4 is 27.4 Å². The quantitative estimate of drug-likeness (QED) is 0.838. The van der Waals surface area contributed by atoms with Crippen LogP contribution in [0.4, 0.5) is 5.69 Å². The molecule has 0 heterocycles. The molecule has 0 unspecified atom stereocenters. The molecule has 6 nitrogen and oxygen atoms in total. The molecule has 0 fully saturated rings. The highest BCUT2D eigenvalue weighted by atomic mass is 32.2. The summed E-state index contributed by atoms with van der Waals surface area (Å²) in [6, 6.07) is 14.2. The highest BCUT2D eigenvalue weighted by Crippen LogP contribution is 2.29. The Labute approximate surface area is 132 Å². The predicted octanol–water partition coefficient (Wildman–Crippen LogP) is 2.28. The number of allylic oxidation sites excluding steroid dienone is 2. The molecule has 2 aromatic rings. The average molecular weight is 329 g/mol. The molecule has 1 aliphatic carbocycles. The number of Topliss-reactive ketones (excluding diaryl/α,β-unsaturated/α-hetero) is 2. The largest absolute Gasteiger partial charge is 0.351 e. The number of fused-ring (bicyclic) bond motifs is 1. The summed E-state index contributed by atoms with van der Waals surface area (Å²) in [7, 11) is -4.87. The Balaban J connectivity index is 2.23. The molecule has 0 saturated carbocycles. The van der Waals surface area contributed by atoms with Crippen LogP contribution in [0.5, 0.6) is 0 Å². The summed E-state index contributed by atoms with van der Waals surface area (Å²) >= 11 is 0. The Hall–Kier alpha value is -2.77. The smallest absolute Gasteiger partial charge is 0.300 e. The van der Waals surface area contributed by atoms with Gasteiger partial charge in [-0.1, -0.05) is 42.5 Å². The molecule has 0 atom stereocenters. The van der Waals surface area contributed by atoms with Gasteiger partial charge in [0.05, 0.1) is 0 Å². The molecule has 3 rings (SSSR count). The van der Waals surface area contributed by atoms with Gasteiger partial charge in [0.25, 0.3) is 0 Å². The number of carbonyl (C=O) groups is 2. The van der Waals surface area contributed by atoms with Crippen LogP contribution < -0.4 is 5.32 Å². The van der Waals surface area contributed by atoms with Gasteiger partial charge in [0.2, 0.25) is 11.6 Å². The third-order valence-electron chi connectivity index (χ3n) is 3.38. The van der Waals surface area contributed by atoms with E-state index >= 15 is 0 Å². The van der Waals surface area contributed by atoms with Gasteiger partial charge in [0.15, 0.2) is 4.91 Å². The lowest BCUT2D eigenvalue weighted by Gasteiger charge is -2.20. The topological polar surface area (TPSA) is 101 Å². The number of hydrogen-bond donors (Lipinski definition) is 2. The fraction of sp³-hybridized carbons (Fsp3) is 0. The minimum absolute atomic E-state index is 0.0521. The molecule has 1 aliphatic rings. The zero-order chi connectivity index (χ0) is 16.6. The second-order valence-corrected chi connectivity index (χ2v) is 6.23. The molecule has 0 saturated heterocycles. The Morgan fingerprint density at radius 2 is 1.30 bits per heavy atom. The van der Waals surface area contributed by atoms with E-state index < -0.39 is 32.3 Å². The van der Waals surface area contributed by atoms with Crippen molar-refractivity contribution in [3.8, 4) is 0 Å². The van der Waals surface area contributed by atoms with Gasteiger partial charge in [0, 0.05) is 16.8 Å². The molecule has 0 radical (unpaired) electrons. The second-order valence-electron chi connectivity index (χ2n) is 4.87. The molecule has 116 valence electrons. The summed E-state index contributed by atoms with van der Waals surface area (Å²) in [5, 5.41) is 2.63. The molecular formula is C16H11NO5S. The van der Waals surface area contributed by atoms with Crippen molar-refractivity contribution in [2.24, 2.45) is 0 Å². The van der Waals surface area contributed by atoms with E-state index in [2.05, 4.69) is 5.32 Å². The molecule has 2 N–H and O–H groups in total. The summed E-state index contributed by atoms with van der Waals surface area (Å²) in [6.45, 7) is 0. The number of hydrogen-bond acceptors (Lipinski definition) is 5. The molecular weight excluding hydrogens is 318 g/mol. The maximum atomic E-state index is 12.6. The lowest BCUT2D eigenvalue weighted by molar-refractivity contribution is 0.0980. The monoisotopic (exact) mass is 329 g/mol. The van der Waals surface area contributed by atoms with Crippen molar-refractivity contribution in [2.45, 2.75) is 0 Å². The first-order valence-electron chi connectivity index (χ1n) is 6.62. The first kappa shape index (κ1) is 15.1. The molecule has 2 aromatic carbocycles. The minimum atomic E-state index is -4.87. The Morgan fingerprint density at radius 1 is 0.783 bits per heavy atom. The molecule has 7 heteroatoms. The number of carbonyl (C=O) groups excluding carboxylic acids is 2. The number of nitrogens with one attached hydrogen (secondary N) is 1. The van der Waals surface area contributed by atoms with Crippen LogP contribution in [0, 0.1) is 0 Å². The maximum Gasteiger partial charge on any atom is 0.300 e. The zero-order valence-electron chi connectivity index (χ0n) is 11.7. The van der Waals surface area contributed by atoms with Gasteiger partial charge in [-0.25, -0.2) is 0 Å². The third kappa shape index (κ3) is 2.67. The van der Waals surface area contributed by atoms with Crippen LogP contribution in [0.1, 0.15) is 20.7 Å². The van der Waals surface area contributed by atoms with Crippen LogP contribution in [0.3, 0.4) is 0 Å². The Morgan fingerprint density at radius 3 is 1.87 bits per heavy atom. The van der Waals surface area contributed by atoms with Gasteiger partial charge < -0.3 is 5.32 Å². The summed E-state index contributed by atoms with van der Waals surface area (Å²) in [5.41, 5.74) is -0.00125. The second kappa shape index (κ2) is 5.45. The molecule has 0 aliphatic heterocycles. The van der Waals surface area contributed by atoms with Crippen LogP contribution in [-0.4, -0.2) is 24.5 Å². The van der Waals surface area contributed by atoms with E-state index in [1.165, 1.54) is 18.2 Å². The molecule has 23 heavy (non-hydrogen) atoms. The number of ketones is 2. The van der Waals surface area contributed by atoms with Crippen LogP contribution >= 0.6 is 0 Å². The highest BCUT2D eigenvalue weighted by molar-refractivity contribution is 7.91. The van der Waals surface area contributed by atoms with Crippen molar-refractivity contribution in [3.05, 3.63) is 76.3 Å². The van der Waals surface area contributed by atoms with Crippen LogP contribution in [0.2, 0.25) is 0 Å². The molecule has 0 aromatic heterocycles. The van der Waals surface area contributed by atoms with Crippen molar-refractivity contribution in [1.82, 2.24) is 0 Å². The van der Waals surface area contributed by atoms with Crippen molar-refractivity contribution < 1.29 is 22.6 Å². The Bertz CT molecular complexity index is 945. The fourth-order valence-electron chi connectivity index (χ4n) is 2.38. The van der Waals surface area contributed by atoms with Gasteiger partial charge in [-0.15, -0.1) is 0 Å². The van der Waals surface area contributed by atoms with Gasteiger partial charge >= 0.3 is 10.1 Å². The van der Waals surface area contributed by atoms with Crippen LogP contribution in [0.25, 0.3) is 0 Å². The summed E-state index contributed by atoms with van der Waals surface area (Å²) < 4.78 is 32.7. The molecule has 0 bridgehead atoms. The van der Waals surface area contributed by atoms with E-state index in [0.29, 0.717) is 5.69 Å². The zero-order valence-corrected chi connectivity index (χ0v) is 12.5. The van der Waals surface area contributed by atoms with Crippen molar-refractivity contribution in [3.63, 3.8) is 0 Å². The van der Waals surface area contributed by atoms with E-state index in [9.17, 15) is 22.6 Å². The maximum absolute atomic E-state index is 12.6. The standard InChI is InChI=1S/C16H11NO5S/c18-14-11-8-4-5-9-12(11)15(19)16(23(20,21)22)13(14)17-10-6-2-1-3-7-10/h1-9,17H,(H,20,21,22). The lowest BCUT2D eigenvalue weighted by Crippen LogP contribution is -2.29. The summed E-state index contributed by atoms with van der Waals surface area (Å²) in [4.78, 5) is 24.1. The Kier molecular flexibility index (Phi) is 3.59. The fourth-order valence-corrected chi connectivity index (χ4v) is 3.12. The average Bonchev–Trinajstić information content (AvgIpc) is 2.52. The van der Waals surface area contributed by atoms with Gasteiger partial charge in [-0.05, 0) is 12.1 Å². The van der Waals surface area contributed by atoms with E-state index in [1.807, 2.05) is 0 Å². The first-order valence-corrected chi connectivity index (χ1v) is 8.06. The van der Waals surface area contributed by atoms with E-state index in [-0.39, 0.29) is 11.1 Å². The number of benzene rings is 2. The van der Waals surface area contributed by atoms with E-state index in [0.717, 1.165) is 0 Å². The minimum Gasteiger partial charge on any atom is -0.351 e. The number of rotatable bonds is 3. The number of anilines is 1. The molecule has 0 amide bonds. The SMILES string of the molecule is O=C1C(Nc2ccccc2)=C(S(=O)(=O)O)C(=O)c2ccccc21. The van der Waals surface area contributed by atoms with Crippen molar-refractivity contribution in [2.75, 3.05) is 5.32 Å². The van der Waals surface area contributed by atoms with Gasteiger partial charge in [-0.2, -0.15) is 8.42 Å². The first-order chi connectivity index (χ1) is 10.9. The van der Waals surface area contributed by atoms with Crippen LogP contribution in [-0.2, 0) is 10.1 Å². The normalized spacial score (nSPS) is 14.7. The van der Waals surface area contributed by atoms with Gasteiger partial charge in [0.1, 0.15) is 5.70 Å². The highest BCUT2D eigenvalue weighted by Gasteiger charge is 2.38. The predicted molar refractivity (Wildman–Crippen MR) is 83.7 cm³/mol.